The zero-order chi connectivity index (χ0) is 25.7. The number of aromatic carboxylic acids is 2. The molecule has 4 N–H and O–H groups in total. The standard InChI is InChI=1S/C29H23N3O4/c1-18-6-8-19(9-7-18)4-2-3-5-24-26(29(35)36)32-27(30)25(31-24)22-14-10-20(11-15-22)21-12-16-23(17-13-21)28(33)34/h2-17H,1H3,(H2,30,32)(H,33,34)(H,35,36)/b4-2+,5-3+. The van der Waals surface area contributed by atoms with Crippen LogP contribution in [0, 0.1) is 6.92 Å². The van der Waals surface area contributed by atoms with Crippen molar-refractivity contribution in [1.29, 1.82) is 0 Å². The zero-order valence-corrected chi connectivity index (χ0v) is 19.4. The van der Waals surface area contributed by atoms with Crippen molar-refractivity contribution >= 4 is 29.9 Å². The molecule has 0 bridgehead atoms. The van der Waals surface area contributed by atoms with Crippen molar-refractivity contribution in [3.63, 3.8) is 0 Å². The first kappa shape index (κ1) is 24.1. The quantitative estimate of drug-likeness (QED) is 0.286. The first-order valence-corrected chi connectivity index (χ1v) is 11.1. The molecule has 1 aromatic heterocycles. The molecule has 0 spiro atoms. The van der Waals surface area contributed by atoms with E-state index in [1.807, 2.05) is 61.5 Å². The van der Waals surface area contributed by atoms with Crippen LogP contribution in [0.2, 0.25) is 0 Å². The average Bonchev–Trinajstić information content (AvgIpc) is 2.88. The summed E-state index contributed by atoms with van der Waals surface area (Å²) in [7, 11) is 0. The van der Waals surface area contributed by atoms with E-state index >= 15 is 0 Å². The molecule has 0 aliphatic rings. The number of aromatic nitrogens is 2. The van der Waals surface area contributed by atoms with Gasteiger partial charge >= 0.3 is 11.9 Å². The highest BCUT2D eigenvalue weighted by atomic mass is 16.4. The van der Waals surface area contributed by atoms with Crippen LogP contribution in [-0.2, 0) is 0 Å². The summed E-state index contributed by atoms with van der Waals surface area (Å²) in [4.78, 5) is 31.4. The largest absolute Gasteiger partial charge is 0.478 e. The first-order valence-electron chi connectivity index (χ1n) is 11.1. The second-order valence-corrected chi connectivity index (χ2v) is 8.09. The number of carboxylic acids is 2. The molecule has 0 radical (unpaired) electrons. The Bertz CT molecular complexity index is 1470. The van der Waals surface area contributed by atoms with E-state index in [0.29, 0.717) is 11.3 Å². The number of anilines is 1. The zero-order valence-electron chi connectivity index (χ0n) is 19.4. The molecule has 0 aliphatic heterocycles. The Morgan fingerprint density at radius 3 is 1.86 bits per heavy atom. The highest BCUT2D eigenvalue weighted by Gasteiger charge is 2.17. The topological polar surface area (TPSA) is 126 Å². The van der Waals surface area contributed by atoms with E-state index in [1.54, 1.807) is 42.5 Å². The molecule has 178 valence electrons. The van der Waals surface area contributed by atoms with E-state index in [0.717, 1.165) is 16.7 Å². The summed E-state index contributed by atoms with van der Waals surface area (Å²) in [5, 5.41) is 18.7. The minimum Gasteiger partial charge on any atom is -0.478 e. The van der Waals surface area contributed by atoms with Crippen LogP contribution in [0.25, 0.3) is 34.5 Å². The molecule has 0 unspecified atom stereocenters. The van der Waals surface area contributed by atoms with Gasteiger partial charge in [-0.15, -0.1) is 0 Å². The monoisotopic (exact) mass is 477 g/mol. The van der Waals surface area contributed by atoms with Crippen molar-refractivity contribution in [2.24, 2.45) is 0 Å². The number of carbonyl (C=O) groups is 2. The van der Waals surface area contributed by atoms with Crippen LogP contribution in [0.1, 0.15) is 37.7 Å². The summed E-state index contributed by atoms with van der Waals surface area (Å²) in [5.41, 5.74) is 11.2. The lowest BCUT2D eigenvalue weighted by atomic mass is 10.0. The molecule has 0 amide bonds. The van der Waals surface area contributed by atoms with Gasteiger partial charge in [-0.05, 0) is 41.8 Å². The van der Waals surface area contributed by atoms with Gasteiger partial charge in [-0.3, -0.25) is 0 Å². The van der Waals surface area contributed by atoms with Crippen LogP contribution < -0.4 is 5.73 Å². The van der Waals surface area contributed by atoms with E-state index in [2.05, 4.69) is 9.97 Å². The first-order chi connectivity index (χ1) is 17.3. The number of benzene rings is 3. The normalized spacial score (nSPS) is 11.2. The lowest BCUT2D eigenvalue weighted by Gasteiger charge is -2.09. The average molecular weight is 478 g/mol. The van der Waals surface area contributed by atoms with Crippen molar-refractivity contribution in [2.75, 3.05) is 5.73 Å². The maximum absolute atomic E-state index is 11.7. The van der Waals surface area contributed by atoms with Gasteiger partial charge in [0.2, 0.25) is 0 Å². The Kier molecular flexibility index (Phi) is 7.02. The van der Waals surface area contributed by atoms with Gasteiger partial charge in [0.15, 0.2) is 11.5 Å². The number of rotatable bonds is 7. The third-order valence-corrected chi connectivity index (χ3v) is 5.51. The highest BCUT2D eigenvalue weighted by Crippen LogP contribution is 2.28. The molecule has 1 heterocycles. The fraction of sp³-hybridized carbons (Fsp3) is 0.0345. The summed E-state index contributed by atoms with van der Waals surface area (Å²) >= 11 is 0. The van der Waals surface area contributed by atoms with Crippen LogP contribution >= 0.6 is 0 Å². The molecule has 0 saturated heterocycles. The third kappa shape index (κ3) is 5.53. The number of nitrogens with zero attached hydrogens (tertiary/aromatic N) is 2. The van der Waals surface area contributed by atoms with E-state index in [9.17, 15) is 14.7 Å². The Labute approximate surface area is 207 Å². The number of nitrogen functional groups attached to an aromatic ring is 1. The summed E-state index contributed by atoms with van der Waals surface area (Å²) in [6.45, 7) is 2.02. The molecule has 0 fully saturated rings. The summed E-state index contributed by atoms with van der Waals surface area (Å²) in [6.07, 6.45) is 7.00. The fourth-order valence-corrected chi connectivity index (χ4v) is 3.56. The number of nitrogens with two attached hydrogens (primary N) is 1. The Morgan fingerprint density at radius 2 is 1.28 bits per heavy atom. The van der Waals surface area contributed by atoms with Crippen LogP contribution in [0.3, 0.4) is 0 Å². The summed E-state index contributed by atoms with van der Waals surface area (Å²) in [6, 6.07) is 21.9. The number of hydrogen-bond donors (Lipinski definition) is 3. The molecule has 0 atom stereocenters. The van der Waals surface area contributed by atoms with E-state index < -0.39 is 11.9 Å². The van der Waals surface area contributed by atoms with Crippen LogP contribution in [0.15, 0.2) is 84.9 Å². The Hall–Kier alpha value is -5.04. The SMILES string of the molecule is Cc1ccc(/C=C/C=C/c2nc(-c3ccc(-c4ccc(C(=O)O)cc4)cc3)c(N)nc2C(=O)O)cc1. The Morgan fingerprint density at radius 1 is 0.722 bits per heavy atom. The highest BCUT2D eigenvalue weighted by molar-refractivity contribution is 5.91. The van der Waals surface area contributed by atoms with E-state index in [1.165, 1.54) is 5.56 Å². The number of carboxylic acid groups (broad SMARTS) is 2. The molecule has 4 aromatic rings. The fourth-order valence-electron chi connectivity index (χ4n) is 3.56. The van der Waals surface area contributed by atoms with Crippen LogP contribution in [0.4, 0.5) is 5.82 Å². The number of allylic oxidation sites excluding steroid dienone is 2. The van der Waals surface area contributed by atoms with Gasteiger partial charge in [0.25, 0.3) is 0 Å². The molecule has 0 saturated carbocycles. The summed E-state index contributed by atoms with van der Waals surface area (Å²) in [5.74, 6) is -2.19. The maximum atomic E-state index is 11.7. The van der Waals surface area contributed by atoms with Crippen LogP contribution in [0.5, 0.6) is 0 Å². The lowest BCUT2D eigenvalue weighted by Crippen LogP contribution is -2.10. The molecule has 7 heteroatoms. The maximum Gasteiger partial charge on any atom is 0.356 e. The van der Waals surface area contributed by atoms with Crippen molar-refractivity contribution in [3.05, 3.63) is 113 Å². The van der Waals surface area contributed by atoms with Gasteiger partial charge in [-0.25, -0.2) is 19.6 Å². The van der Waals surface area contributed by atoms with Gasteiger partial charge < -0.3 is 15.9 Å². The van der Waals surface area contributed by atoms with Gasteiger partial charge in [-0.2, -0.15) is 0 Å². The second-order valence-electron chi connectivity index (χ2n) is 8.09. The van der Waals surface area contributed by atoms with Gasteiger partial charge in [0.1, 0.15) is 5.69 Å². The van der Waals surface area contributed by atoms with Crippen molar-refractivity contribution < 1.29 is 19.8 Å². The lowest BCUT2D eigenvalue weighted by molar-refractivity contribution is 0.0682. The smallest absolute Gasteiger partial charge is 0.356 e. The molecule has 0 aliphatic carbocycles. The van der Waals surface area contributed by atoms with Crippen molar-refractivity contribution in [1.82, 2.24) is 9.97 Å². The minimum absolute atomic E-state index is 0.0123. The molecule has 4 rings (SSSR count). The van der Waals surface area contributed by atoms with E-state index in [4.69, 9.17) is 10.8 Å². The second kappa shape index (κ2) is 10.5. The number of hydrogen-bond acceptors (Lipinski definition) is 5. The van der Waals surface area contributed by atoms with Crippen molar-refractivity contribution in [2.45, 2.75) is 6.92 Å². The van der Waals surface area contributed by atoms with Crippen molar-refractivity contribution in [3.8, 4) is 22.4 Å². The van der Waals surface area contributed by atoms with E-state index in [-0.39, 0.29) is 22.8 Å². The molecule has 3 aromatic carbocycles. The molecule has 36 heavy (non-hydrogen) atoms. The predicted octanol–water partition coefficient (Wildman–Crippen LogP) is 5.82. The molecular weight excluding hydrogens is 454 g/mol. The molecule has 7 nitrogen and oxygen atoms in total. The number of aryl methyl sites for hydroxylation is 1. The molecular formula is C29H23N3O4. The van der Waals surface area contributed by atoms with Gasteiger partial charge in [-0.1, -0.05) is 84.5 Å². The van der Waals surface area contributed by atoms with Gasteiger partial charge in [0, 0.05) is 5.56 Å². The minimum atomic E-state index is -1.22. The van der Waals surface area contributed by atoms with Gasteiger partial charge in [0.05, 0.1) is 11.3 Å². The van der Waals surface area contributed by atoms with Crippen LogP contribution in [-0.4, -0.2) is 32.1 Å². The Balaban J connectivity index is 1.61. The third-order valence-electron chi connectivity index (χ3n) is 5.51. The predicted molar refractivity (Wildman–Crippen MR) is 140 cm³/mol. The summed E-state index contributed by atoms with van der Waals surface area (Å²) < 4.78 is 0.